The van der Waals surface area contributed by atoms with E-state index < -0.39 is 16.6 Å². The van der Waals surface area contributed by atoms with Crippen molar-refractivity contribution < 1.29 is 13.6 Å². The van der Waals surface area contributed by atoms with Gasteiger partial charge in [0.1, 0.15) is 0 Å². The van der Waals surface area contributed by atoms with Crippen LogP contribution in [0.25, 0.3) is 0 Å². The van der Waals surface area contributed by atoms with E-state index in [1.165, 1.54) is 36.3 Å². The summed E-state index contributed by atoms with van der Waals surface area (Å²) in [6, 6.07) is 7.22. The van der Waals surface area contributed by atoms with Gasteiger partial charge in [0, 0.05) is 6.61 Å². The Morgan fingerprint density at radius 2 is 1.14 bits per heavy atom. The van der Waals surface area contributed by atoms with Crippen LogP contribution in [0.5, 0.6) is 0 Å². The average molecular weight is 347 g/mol. The van der Waals surface area contributed by atoms with Crippen LogP contribution in [0.3, 0.4) is 0 Å². The van der Waals surface area contributed by atoms with E-state index in [9.17, 15) is 0 Å². The maximum absolute atomic E-state index is 6.77. The Balaban J connectivity index is 2.83. The van der Waals surface area contributed by atoms with Crippen molar-refractivity contribution in [1.82, 2.24) is 0 Å². The molecule has 1 fully saturated rings. The average Bonchev–Trinajstić information content (AvgIpc) is 2.59. The quantitative estimate of drug-likeness (QED) is 0.510. The lowest BCUT2D eigenvalue weighted by Gasteiger charge is -2.42. The Morgan fingerprint density at radius 3 is 1.55 bits per heavy atom. The summed E-state index contributed by atoms with van der Waals surface area (Å²) in [5.41, 5.74) is 0. The van der Waals surface area contributed by atoms with E-state index in [1.54, 1.807) is 0 Å². The van der Waals surface area contributed by atoms with Gasteiger partial charge < -0.3 is 13.6 Å². The SMILES string of the molecule is CC[Si](CC)(CC)O[C@H]1CCOC[C@@H]1O[Si](CC)(CC)CC. The molecule has 0 unspecified atom stereocenters. The molecule has 0 amide bonds. The second-order valence-electron chi connectivity index (χ2n) is 6.66. The lowest BCUT2D eigenvalue weighted by atomic mass is 10.1. The molecular formula is C17H38O3Si2. The summed E-state index contributed by atoms with van der Waals surface area (Å²) in [6.45, 7) is 15.3. The van der Waals surface area contributed by atoms with E-state index in [2.05, 4.69) is 41.5 Å². The van der Waals surface area contributed by atoms with Crippen molar-refractivity contribution in [2.24, 2.45) is 0 Å². The third-order valence-electron chi connectivity index (χ3n) is 5.91. The van der Waals surface area contributed by atoms with E-state index in [0.29, 0.717) is 0 Å². The van der Waals surface area contributed by atoms with Crippen LogP contribution in [-0.2, 0) is 13.6 Å². The van der Waals surface area contributed by atoms with Gasteiger partial charge in [0.2, 0.25) is 0 Å². The van der Waals surface area contributed by atoms with Crippen LogP contribution < -0.4 is 0 Å². The van der Waals surface area contributed by atoms with Crippen LogP contribution in [-0.4, -0.2) is 42.1 Å². The fraction of sp³-hybridized carbons (Fsp3) is 1.00. The van der Waals surface area contributed by atoms with Crippen LogP contribution in [0.4, 0.5) is 0 Å². The second kappa shape index (κ2) is 9.57. The first-order valence-electron chi connectivity index (χ1n) is 9.47. The molecule has 0 aromatic rings. The van der Waals surface area contributed by atoms with E-state index in [0.717, 1.165) is 19.6 Å². The molecule has 0 bridgehead atoms. The number of hydrogen-bond donors (Lipinski definition) is 0. The number of rotatable bonds is 10. The molecule has 1 heterocycles. The highest BCUT2D eigenvalue weighted by molar-refractivity contribution is 6.74. The molecule has 0 aliphatic carbocycles. The Hall–Kier alpha value is 0.314. The molecule has 1 rings (SSSR count). The minimum atomic E-state index is -1.60. The molecule has 0 aromatic carbocycles. The largest absolute Gasteiger partial charge is 0.411 e. The molecule has 0 saturated carbocycles. The summed E-state index contributed by atoms with van der Waals surface area (Å²) >= 11 is 0. The zero-order chi connectivity index (χ0) is 16.6. The lowest BCUT2D eigenvalue weighted by molar-refractivity contribution is -0.0719. The van der Waals surface area contributed by atoms with Crippen molar-refractivity contribution >= 4 is 16.6 Å². The summed E-state index contributed by atoms with van der Waals surface area (Å²) in [5, 5.41) is 0. The highest BCUT2D eigenvalue weighted by atomic mass is 28.4. The van der Waals surface area contributed by atoms with Crippen LogP contribution in [0, 0.1) is 0 Å². The van der Waals surface area contributed by atoms with Crippen molar-refractivity contribution in [2.75, 3.05) is 13.2 Å². The summed E-state index contributed by atoms with van der Waals surface area (Å²) in [6.07, 6.45) is 1.43. The minimum absolute atomic E-state index is 0.164. The molecule has 3 nitrogen and oxygen atoms in total. The van der Waals surface area contributed by atoms with E-state index in [-0.39, 0.29) is 12.2 Å². The van der Waals surface area contributed by atoms with Gasteiger partial charge in [0.05, 0.1) is 18.8 Å². The molecule has 0 N–H and O–H groups in total. The summed E-state index contributed by atoms with van der Waals surface area (Å²) in [7, 11) is -3.17. The van der Waals surface area contributed by atoms with Crippen LogP contribution in [0.1, 0.15) is 48.0 Å². The summed E-state index contributed by atoms with van der Waals surface area (Å²) in [5.74, 6) is 0. The molecule has 1 aliphatic rings. The summed E-state index contributed by atoms with van der Waals surface area (Å²) in [4.78, 5) is 0. The molecule has 0 aromatic heterocycles. The maximum Gasteiger partial charge on any atom is 0.192 e. The predicted octanol–water partition coefficient (Wildman–Crippen LogP) is 5.19. The smallest absolute Gasteiger partial charge is 0.192 e. The molecule has 0 spiro atoms. The fourth-order valence-electron chi connectivity index (χ4n) is 3.58. The third kappa shape index (κ3) is 4.90. The molecular weight excluding hydrogens is 308 g/mol. The lowest BCUT2D eigenvalue weighted by Crippen LogP contribution is -2.53. The fourth-order valence-corrected chi connectivity index (χ4v) is 9.35. The first-order valence-corrected chi connectivity index (χ1v) is 14.5. The van der Waals surface area contributed by atoms with Gasteiger partial charge in [-0.05, 0) is 42.7 Å². The van der Waals surface area contributed by atoms with Crippen molar-refractivity contribution in [1.29, 1.82) is 0 Å². The highest BCUT2D eigenvalue weighted by Gasteiger charge is 2.40. The van der Waals surface area contributed by atoms with E-state index in [4.69, 9.17) is 13.6 Å². The Bertz CT molecular complexity index is 258. The van der Waals surface area contributed by atoms with Crippen LogP contribution in [0.15, 0.2) is 0 Å². The predicted molar refractivity (Wildman–Crippen MR) is 99.6 cm³/mol. The summed E-state index contributed by atoms with van der Waals surface area (Å²) < 4.78 is 19.2. The van der Waals surface area contributed by atoms with Gasteiger partial charge in [-0.15, -0.1) is 0 Å². The topological polar surface area (TPSA) is 27.7 Å². The molecule has 5 heteroatoms. The van der Waals surface area contributed by atoms with Crippen molar-refractivity contribution in [3.8, 4) is 0 Å². The third-order valence-corrected chi connectivity index (χ3v) is 15.2. The Labute approximate surface area is 140 Å². The van der Waals surface area contributed by atoms with Crippen molar-refractivity contribution in [2.45, 2.75) is 96.4 Å². The minimum Gasteiger partial charge on any atom is -0.411 e. The molecule has 1 saturated heterocycles. The molecule has 1 aliphatic heterocycles. The van der Waals surface area contributed by atoms with Gasteiger partial charge in [0.15, 0.2) is 16.6 Å². The van der Waals surface area contributed by atoms with Gasteiger partial charge in [-0.25, -0.2) is 0 Å². The second-order valence-corrected chi connectivity index (χ2v) is 16.1. The first kappa shape index (κ1) is 20.4. The van der Waals surface area contributed by atoms with Crippen molar-refractivity contribution in [3.63, 3.8) is 0 Å². The van der Waals surface area contributed by atoms with Crippen LogP contribution in [0.2, 0.25) is 36.3 Å². The van der Waals surface area contributed by atoms with Gasteiger partial charge in [0.25, 0.3) is 0 Å². The normalized spacial score (nSPS) is 23.7. The first-order chi connectivity index (χ1) is 10.5. The zero-order valence-electron chi connectivity index (χ0n) is 15.7. The number of ether oxygens (including phenoxy) is 1. The Kier molecular flexibility index (Phi) is 8.86. The number of hydrogen-bond acceptors (Lipinski definition) is 3. The van der Waals surface area contributed by atoms with Gasteiger partial charge in [-0.1, -0.05) is 41.5 Å². The maximum atomic E-state index is 6.77. The van der Waals surface area contributed by atoms with Crippen molar-refractivity contribution in [3.05, 3.63) is 0 Å². The molecule has 0 radical (unpaired) electrons. The standard InChI is InChI=1S/C17H38O3Si2/c1-7-21(8-2,9-3)19-16-13-14-18-15-17(16)20-22(10-4,11-5)12-6/h16-17H,7-15H2,1-6H3/t16-,17-/m0/s1. The highest BCUT2D eigenvalue weighted by Crippen LogP contribution is 2.31. The van der Waals surface area contributed by atoms with Crippen LogP contribution >= 0.6 is 0 Å². The molecule has 22 heavy (non-hydrogen) atoms. The van der Waals surface area contributed by atoms with E-state index >= 15 is 0 Å². The van der Waals surface area contributed by atoms with E-state index in [1.807, 2.05) is 0 Å². The Morgan fingerprint density at radius 1 is 0.727 bits per heavy atom. The van der Waals surface area contributed by atoms with Gasteiger partial charge in [-0.2, -0.15) is 0 Å². The van der Waals surface area contributed by atoms with Gasteiger partial charge in [-0.3, -0.25) is 0 Å². The molecule has 2 atom stereocenters. The van der Waals surface area contributed by atoms with Gasteiger partial charge >= 0.3 is 0 Å². The monoisotopic (exact) mass is 346 g/mol. The molecule has 132 valence electrons. The zero-order valence-corrected chi connectivity index (χ0v) is 17.7.